The summed E-state index contributed by atoms with van der Waals surface area (Å²) in [6.45, 7) is 3.06. The van der Waals surface area contributed by atoms with Gasteiger partial charge in [-0.2, -0.15) is 0 Å². The molecule has 47 heavy (non-hydrogen) atoms. The Bertz CT molecular complexity index is 1510. The van der Waals surface area contributed by atoms with Crippen molar-refractivity contribution in [3.05, 3.63) is 67.6 Å². The topological polar surface area (TPSA) is 235 Å². The van der Waals surface area contributed by atoms with Crippen LogP contribution in [0, 0.1) is 26.0 Å². The van der Waals surface area contributed by atoms with Crippen molar-refractivity contribution >= 4 is 28.0 Å². The Balaban J connectivity index is 2.09. The second-order valence-corrected chi connectivity index (χ2v) is 12.8. The van der Waals surface area contributed by atoms with Crippen molar-refractivity contribution in [1.29, 1.82) is 0 Å². The standard InChI is InChI=1S/C28H38FN5O12S/c1-18(2)26-24(27(19-7-9-20(29)10-8-19)31-28(30-26)32(3)47(4,42)43)12-11-21(35)16-22(36)17-25(37)44-14-5-6-23(46-34(40)41)13-15-45-33(38)39/h7-12,18,21-23,35-36H,5-6,13-17H2,1-4H3/b12-11+/t21-,22-,23?/m1/s1. The minimum atomic E-state index is -3.72. The van der Waals surface area contributed by atoms with Crippen LogP contribution in [0.5, 0.6) is 0 Å². The lowest BCUT2D eigenvalue weighted by Gasteiger charge is -2.20. The van der Waals surface area contributed by atoms with Gasteiger partial charge in [0.05, 0.1) is 49.5 Å². The van der Waals surface area contributed by atoms with Gasteiger partial charge in [-0.05, 0) is 49.4 Å². The Morgan fingerprint density at radius 1 is 1.09 bits per heavy atom. The summed E-state index contributed by atoms with van der Waals surface area (Å²) in [7, 11) is -2.42. The molecule has 3 atom stereocenters. The van der Waals surface area contributed by atoms with E-state index in [1.807, 2.05) is 13.8 Å². The van der Waals surface area contributed by atoms with Crippen LogP contribution in [-0.2, 0) is 29.2 Å². The second-order valence-electron chi connectivity index (χ2n) is 10.7. The molecule has 0 aliphatic carbocycles. The number of carbonyl (C=O) groups excluding carboxylic acids is 1. The molecule has 1 aromatic heterocycles. The third-order valence-electron chi connectivity index (χ3n) is 6.61. The van der Waals surface area contributed by atoms with Crippen LogP contribution in [0.25, 0.3) is 17.3 Å². The summed E-state index contributed by atoms with van der Waals surface area (Å²) < 4.78 is 44.1. The number of benzene rings is 1. The first kappa shape index (κ1) is 38.7. The molecule has 2 rings (SSSR count). The molecule has 0 aliphatic rings. The monoisotopic (exact) mass is 687 g/mol. The molecule has 260 valence electrons. The van der Waals surface area contributed by atoms with Crippen molar-refractivity contribution in [3.63, 3.8) is 0 Å². The van der Waals surface area contributed by atoms with Gasteiger partial charge in [0.25, 0.3) is 10.2 Å². The molecule has 0 fully saturated rings. The van der Waals surface area contributed by atoms with E-state index in [4.69, 9.17) is 4.74 Å². The molecule has 0 spiro atoms. The second kappa shape index (κ2) is 18.0. The Morgan fingerprint density at radius 3 is 2.32 bits per heavy atom. The van der Waals surface area contributed by atoms with E-state index in [1.165, 1.54) is 43.5 Å². The Morgan fingerprint density at radius 2 is 1.74 bits per heavy atom. The summed E-state index contributed by atoms with van der Waals surface area (Å²) in [6, 6.07) is 5.37. The number of hydrogen-bond donors (Lipinski definition) is 2. The Labute approximate surface area is 270 Å². The summed E-state index contributed by atoms with van der Waals surface area (Å²) in [6.07, 6.45) is -0.431. The number of esters is 1. The van der Waals surface area contributed by atoms with Crippen molar-refractivity contribution in [2.75, 3.05) is 30.8 Å². The third-order valence-corrected chi connectivity index (χ3v) is 7.77. The highest BCUT2D eigenvalue weighted by atomic mass is 32.2. The zero-order valence-electron chi connectivity index (χ0n) is 26.2. The van der Waals surface area contributed by atoms with Crippen LogP contribution in [0.15, 0.2) is 30.3 Å². The maximum Gasteiger partial charge on any atom is 0.308 e. The zero-order chi connectivity index (χ0) is 35.3. The Kier molecular flexibility index (Phi) is 14.8. The van der Waals surface area contributed by atoms with Crippen LogP contribution in [0.4, 0.5) is 10.3 Å². The molecule has 1 unspecified atom stereocenters. The van der Waals surface area contributed by atoms with Gasteiger partial charge in [0.15, 0.2) is 0 Å². The van der Waals surface area contributed by atoms with E-state index >= 15 is 0 Å². The fourth-order valence-electron chi connectivity index (χ4n) is 4.22. The number of aliphatic hydroxyl groups is 2. The molecule has 0 aliphatic heterocycles. The molecular formula is C28H38FN5O12S. The summed E-state index contributed by atoms with van der Waals surface area (Å²) in [5.41, 5.74) is 1.60. The normalized spacial score (nSPS) is 13.6. The van der Waals surface area contributed by atoms with Crippen molar-refractivity contribution in [2.24, 2.45) is 0 Å². The molecule has 19 heteroatoms. The number of rotatable bonds is 20. The highest BCUT2D eigenvalue weighted by Gasteiger charge is 2.23. The number of carbonyl (C=O) groups is 1. The molecule has 0 saturated heterocycles. The van der Waals surface area contributed by atoms with E-state index in [-0.39, 0.29) is 49.9 Å². The van der Waals surface area contributed by atoms with Crippen molar-refractivity contribution in [2.45, 2.75) is 70.2 Å². The van der Waals surface area contributed by atoms with E-state index < -0.39 is 63.3 Å². The van der Waals surface area contributed by atoms with Gasteiger partial charge >= 0.3 is 5.97 Å². The molecule has 17 nitrogen and oxygen atoms in total. The number of aromatic nitrogens is 2. The molecule has 2 aromatic rings. The number of nitrogens with zero attached hydrogens (tertiary/aromatic N) is 5. The summed E-state index contributed by atoms with van der Waals surface area (Å²) >= 11 is 0. The summed E-state index contributed by atoms with van der Waals surface area (Å²) in [4.78, 5) is 50.5. The lowest BCUT2D eigenvalue weighted by Crippen LogP contribution is -2.27. The molecule has 1 aromatic carbocycles. The molecule has 0 radical (unpaired) electrons. The van der Waals surface area contributed by atoms with Gasteiger partial charge in [0.2, 0.25) is 16.0 Å². The summed E-state index contributed by atoms with van der Waals surface area (Å²) in [5, 5.41) is 39.8. The predicted octanol–water partition coefficient (Wildman–Crippen LogP) is 2.82. The molecule has 1 heterocycles. The van der Waals surface area contributed by atoms with E-state index in [0.29, 0.717) is 16.8 Å². The molecule has 0 bridgehead atoms. The third kappa shape index (κ3) is 13.4. The zero-order valence-corrected chi connectivity index (χ0v) is 27.0. The first-order valence-corrected chi connectivity index (χ1v) is 16.2. The fraction of sp³-hybridized carbons (Fsp3) is 0.536. The number of halogens is 1. The molecule has 0 amide bonds. The van der Waals surface area contributed by atoms with Gasteiger partial charge in [0.1, 0.15) is 11.9 Å². The molecule has 0 saturated carbocycles. The first-order chi connectivity index (χ1) is 22.0. The fourth-order valence-corrected chi connectivity index (χ4v) is 4.60. The largest absolute Gasteiger partial charge is 0.466 e. The van der Waals surface area contributed by atoms with Crippen molar-refractivity contribution < 1.29 is 52.4 Å². The molecular weight excluding hydrogens is 649 g/mol. The number of hydrogen-bond acceptors (Lipinski definition) is 14. The highest BCUT2D eigenvalue weighted by molar-refractivity contribution is 7.92. The first-order valence-electron chi connectivity index (χ1n) is 14.4. The minimum Gasteiger partial charge on any atom is -0.466 e. The number of ether oxygens (including phenoxy) is 1. The molecule has 2 N–H and O–H groups in total. The SMILES string of the molecule is CC(C)c1nc(N(C)S(C)(=O)=O)nc(-c2ccc(F)cc2)c1/C=C/[C@@H](O)C[C@@H](O)CC(=O)OCCCC(CCO[N+](=O)[O-])O[N+](=O)[O-]. The van der Waals surface area contributed by atoms with Gasteiger partial charge in [-0.15, -0.1) is 20.2 Å². The number of sulfonamides is 1. The van der Waals surface area contributed by atoms with Gasteiger partial charge in [-0.25, -0.2) is 27.1 Å². The average molecular weight is 688 g/mol. The van der Waals surface area contributed by atoms with Crippen LogP contribution in [-0.4, -0.2) is 89.6 Å². The number of aliphatic hydroxyl groups excluding tert-OH is 2. The number of anilines is 1. The maximum atomic E-state index is 13.7. The van der Waals surface area contributed by atoms with Crippen LogP contribution >= 0.6 is 0 Å². The van der Waals surface area contributed by atoms with Crippen LogP contribution in [0.3, 0.4) is 0 Å². The lowest BCUT2D eigenvalue weighted by molar-refractivity contribution is -0.774. The van der Waals surface area contributed by atoms with Crippen LogP contribution in [0.2, 0.25) is 0 Å². The van der Waals surface area contributed by atoms with Crippen LogP contribution < -0.4 is 4.31 Å². The lowest BCUT2D eigenvalue weighted by atomic mass is 9.97. The predicted molar refractivity (Wildman–Crippen MR) is 165 cm³/mol. The van der Waals surface area contributed by atoms with Gasteiger partial charge in [0, 0.05) is 24.6 Å². The van der Waals surface area contributed by atoms with Gasteiger partial charge < -0.3 is 24.6 Å². The van der Waals surface area contributed by atoms with Crippen molar-refractivity contribution in [1.82, 2.24) is 9.97 Å². The van der Waals surface area contributed by atoms with Gasteiger partial charge in [-0.1, -0.05) is 26.0 Å². The minimum absolute atomic E-state index is 0.0366. The average Bonchev–Trinajstić information content (AvgIpc) is 2.96. The van der Waals surface area contributed by atoms with Crippen LogP contribution in [0.1, 0.15) is 63.1 Å². The smallest absolute Gasteiger partial charge is 0.308 e. The quantitative estimate of drug-likeness (QED) is 0.0882. The summed E-state index contributed by atoms with van der Waals surface area (Å²) in [5.74, 6) is -1.63. The van der Waals surface area contributed by atoms with E-state index in [1.54, 1.807) is 0 Å². The maximum absolute atomic E-state index is 13.7. The Hall–Kier alpha value is -4.49. The highest BCUT2D eigenvalue weighted by Crippen LogP contribution is 2.31. The van der Waals surface area contributed by atoms with E-state index in [9.17, 15) is 48.0 Å². The van der Waals surface area contributed by atoms with Gasteiger partial charge in [-0.3, -0.25) is 4.79 Å². The van der Waals surface area contributed by atoms with Crippen molar-refractivity contribution in [3.8, 4) is 11.3 Å². The van der Waals surface area contributed by atoms with E-state index in [0.717, 1.165) is 10.6 Å². The van der Waals surface area contributed by atoms with E-state index in [2.05, 4.69) is 19.6 Å².